The molecule has 0 aromatic heterocycles. The Morgan fingerprint density at radius 1 is 0.768 bits per heavy atom. The lowest BCUT2D eigenvalue weighted by Crippen LogP contribution is -2.60. The third-order valence-electron chi connectivity index (χ3n) is 10.5. The number of rotatable bonds is 32. The van der Waals surface area contributed by atoms with E-state index in [0.29, 0.717) is 38.6 Å². The normalized spacial score (nSPS) is 16.9. The van der Waals surface area contributed by atoms with Gasteiger partial charge >= 0.3 is 5.97 Å². The molecule has 390 valence electrons. The van der Waals surface area contributed by atoms with E-state index in [1.807, 2.05) is 0 Å². The predicted octanol–water partition coefficient (Wildman–Crippen LogP) is -7.21. The van der Waals surface area contributed by atoms with Gasteiger partial charge in [0, 0.05) is 19.6 Å². The van der Waals surface area contributed by atoms with E-state index in [-0.39, 0.29) is 76.4 Å². The number of hydrogen-bond donors (Lipinski definition) is 16. The molecule has 1 fully saturated rings. The lowest BCUT2D eigenvalue weighted by molar-refractivity contribution is -0.138. The van der Waals surface area contributed by atoms with Gasteiger partial charge in [0.15, 0.2) is 5.96 Å². The highest BCUT2D eigenvalue weighted by molar-refractivity contribution is 6.40. The number of carboxylic acid groups (broad SMARTS) is 1. The molecule has 0 unspecified atom stereocenters. The standard InChI is InChI=1S/C41H74N16O12/c1-22(51-38(66)32(29(59)20-45)56-34(62)24(46)10-3-5-15-42)33(61)50-21-30(60)52-26(12-7-17-44)39(67)57-19-9-14-28(57)36(64)55-31(23(2)58)37(65)53-25(11-4-6-16-43)35(63)54-27(40(68)69)13-8-18-49-41(47)48/h13,22-25,28-29,31-32,58-59H,3-12,14-21,42-46H2,1-2H3,(H,50,61)(H,51,66)(H,53,65)(H,54,63)(H,55,64)(H,56,62)(H,68,69)(H4,47,48,49)/b27-13-,52-26?/t22-,23-,24-,25-,28-,29-,31-,32-/m0/s1. The van der Waals surface area contributed by atoms with Crippen LogP contribution in [0.4, 0.5) is 0 Å². The molecular formula is C41H74N16O12. The largest absolute Gasteiger partial charge is 0.477 e. The lowest BCUT2D eigenvalue weighted by atomic mass is 10.1. The van der Waals surface area contributed by atoms with E-state index in [9.17, 15) is 58.5 Å². The molecule has 8 amide bonds. The van der Waals surface area contributed by atoms with Gasteiger partial charge < -0.3 is 92.3 Å². The van der Waals surface area contributed by atoms with Gasteiger partial charge in [0.2, 0.25) is 35.4 Å². The van der Waals surface area contributed by atoms with E-state index in [4.69, 9.17) is 40.1 Å². The summed E-state index contributed by atoms with van der Waals surface area (Å²) in [7, 11) is 0. The number of carbonyl (C=O) groups excluding carboxylic acids is 8. The molecule has 28 heteroatoms. The van der Waals surface area contributed by atoms with Crippen molar-refractivity contribution in [2.24, 2.45) is 50.1 Å². The molecule has 8 atom stereocenters. The van der Waals surface area contributed by atoms with Crippen molar-refractivity contribution in [3.63, 3.8) is 0 Å². The molecule has 1 heterocycles. The maximum Gasteiger partial charge on any atom is 0.352 e. The van der Waals surface area contributed by atoms with Crippen LogP contribution in [-0.2, 0) is 43.2 Å². The number of unbranched alkanes of at least 4 members (excludes halogenated alkanes) is 2. The van der Waals surface area contributed by atoms with E-state index in [0.717, 1.165) is 4.90 Å². The fourth-order valence-corrected chi connectivity index (χ4v) is 6.67. The predicted molar refractivity (Wildman–Crippen MR) is 252 cm³/mol. The fraction of sp³-hybridized carbons (Fsp3) is 0.683. The molecule has 0 bridgehead atoms. The molecule has 28 nitrogen and oxygen atoms in total. The maximum absolute atomic E-state index is 13.9. The van der Waals surface area contributed by atoms with Crippen LogP contribution in [0.1, 0.15) is 84.5 Å². The van der Waals surface area contributed by atoms with Gasteiger partial charge in [0.05, 0.1) is 24.8 Å². The second-order valence-corrected chi connectivity index (χ2v) is 16.2. The highest BCUT2D eigenvalue weighted by atomic mass is 16.4. The van der Waals surface area contributed by atoms with Gasteiger partial charge in [0.25, 0.3) is 11.8 Å². The van der Waals surface area contributed by atoms with Crippen molar-refractivity contribution in [1.82, 2.24) is 36.8 Å². The number of amides is 8. The average Bonchev–Trinajstić information content (AvgIpc) is 3.80. The second kappa shape index (κ2) is 32.6. The topological polar surface area (TPSA) is 497 Å². The van der Waals surface area contributed by atoms with E-state index in [1.54, 1.807) is 0 Å². The Morgan fingerprint density at radius 3 is 1.97 bits per heavy atom. The lowest BCUT2D eigenvalue weighted by Gasteiger charge is -2.28. The van der Waals surface area contributed by atoms with Crippen LogP contribution in [0, 0.1) is 0 Å². The van der Waals surface area contributed by atoms with Gasteiger partial charge in [0.1, 0.15) is 41.6 Å². The minimum absolute atomic E-state index is 0.00175. The van der Waals surface area contributed by atoms with Crippen LogP contribution in [0.2, 0.25) is 0 Å². The summed E-state index contributed by atoms with van der Waals surface area (Å²) in [6.45, 7) is 2.09. The number of aliphatic hydroxyl groups is 2. The minimum Gasteiger partial charge on any atom is -0.477 e. The molecule has 23 N–H and O–H groups in total. The summed E-state index contributed by atoms with van der Waals surface area (Å²) in [5.74, 6) is -8.86. The number of nitrogens with two attached hydrogens (primary N) is 7. The Bertz CT molecular complexity index is 1840. The van der Waals surface area contributed by atoms with Gasteiger partial charge in [-0.1, -0.05) is 12.5 Å². The van der Waals surface area contributed by atoms with E-state index in [2.05, 4.69) is 41.9 Å². The van der Waals surface area contributed by atoms with Crippen molar-refractivity contribution in [1.29, 1.82) is 0 Å². The molecular weight excluding hydrogens is 909 g/mol. The first-order valence-corrected chi connectivity index (χ1v) is 22.8. The zero-order chi connectivity index (χ0) is 52.2. The van der Waals surface area contributed by atoms with E-state index >= 15 is 0 Å². The molecule has 0 radical (unpaired) electrons. The van der Waals surface area contributed by atoms with Crippen LogP contribution in [-0.4, -0.2) is 179 Å². The highest BCUT2D eigenvalue weighted by Gasteiger charge is 2.39. The van der Waals surface area contributed by atoms with Gasteiger partial charge in [-0.15, -0.1) is 0 Å². The SMILES string of the molecule is C[C@H](NC(=O)[C@@H](NC(=O)[C@@H](N)CCCCN)[C@@H](O)CN)C(=O)NCC(=O)N=C(CCCN)C(=O)N1CCC[C@H]1C(=O)N[C@H](C(=O)N[C@@H](CCCCN)C(=O)N/C(=C\CCN=C(N)N)C(=O)O)[C@H](C)O. The summed E-state index contributed by atoms with van der Waals surface area (Å²) in [6, 6.07) is -8.12. The van der Waals surface area contributed by atoms with Crippen LogP contribution in [0.15, 0.2) is 21.8 Å². The Labute approximate surface area is 400 Å². The highest BCUT2D eigenvalue weighted by Crippen LogP contribution is 2.20. The third kappa shape index (κ3) is 22.2. The van der Waals surface area contributed by atoms with Gasteiger partial charge in [-0.2, -0.15) is 0 Å². The van der Waals surface area contributed by atoms with Crippen molar-refractivity contribution in [2.75, 3.05) is 45.8 Å². The molecule has 69 heavy (non-hydrogen) atoms. The van der Waals surface area contributed by atoms with Gasteiger partial charge in [-0.05, 0) is 97.7 Å². The van der Waals surface area contributed by atoms with Crippen LogP contribution >= 0.6 is 0 Å². The summed E-state index contributed by atoms with van der Waals surface area (Å²) in [4.78, 5) is 127. The van der Waals surface area contributed by atoms with E-state index in [1.165, 1.54) is 19.9 Å². The first kappa shape index (κ1) is 60.8. The number of aliphatic hydroxyl groups excluding tert-OH is 2. The summed E-state index contributed by atoms with van der Waals surface area (Å²) in [5, 5.41) is 44.8. The van der Waals surface area contributed by atoms with Gasteiger partial charge in [-0.25, -0.2) is 9.79 Å². The van der Waals surface area contributed by atoms with Crippen LogP contribution < -0.4 is 72.0 Å². The molecule has 0 spiro atoms. The van der Waals surface area contributed by atoms with Crippen LogP contribution in [0.25, 0.3) is 0 Å². The maximum atomic E-state index is 13.9. The summed E-state index contributed by atoms with van der Waals surface area (Å²) in [6.07, 6.45) is 0.824. The molecule has 1 rings (SSSR count). The third-order valence-corrected chi connectivity index (χ3v) is 10.5. The number of aliphatic carboxylic acids is 1. The van der Waals surface area contributed by atoms with Gasteiger partial charge in [-0.3, -0.25) is 43.3 Å². The Morgan fingerprint density at radius 2 is 1.39 bits per heavy atom. The Kier molecular flexibility index (Phi) is 28.7. The van der Waals surface area contributed by atoms with E-state index < -0.39 is 120 Å². The van der Waals surface area contributed by atoms with Crippen molar-refractivity contribution >= 4 is 64.9 Å². The minimum atomic E-state index is -1.66. The summed E-state index contributed by atoms with van der Waals surface area (Å²) >= 11 is 0. The molecule has 0 saturated carbocycles. The summed E-state index contributed by atoms with van der Waals surface area (Å²) in [5.41, 5.74) is 38.0. The monoisotopic (exact) mass is 983 g/mol. The first-order valence-electron chi connectivity index (χ1n) is 22.8. The number of hydrogen-bond acceptors (Lipinski definition) is 17. The van der Waals surface area contributed by atoms with Crippen molar-refractivity contribution < 1.29 is 58.5 Å². The number of nitrogens with zero attached hydrogens (tertiary/aromatic N) is 3. The molecule has 1 aliphatic heterocycles. The number of aliphatic imine (C=N–C) groups is 2. The zero-order valence-corrected chi connectivity index (χ0v) is 39.3. The van der Waals surface area contributed by atoms with Crippen LogP contribution in [0.3, 0.4) is 0 Å². The van der Waals surface area contributed by atoms with Crippen molar-refractivity contribution in [2.45, 2.75) is 133 Å². The first-order chi connectivity index (χ1) is 32.6. The summed E-state index contributed by atoms with van der Waals surface area (Å²) < 4.78 is 0. The molecule has 0 aliphatic carbocycles. The van der Waals surface area contributed by atoms with Crippen LogP contribution in [0.5, 0.6) is 0 Å². The second-order valence-electron chi connectivity index (χ2n) is 16.2. The number of likely N-dealkylation sites (tertiary alicyclic amines) is 1. The van der Waals surface area contributed by atoms with Crippen molar-refractivity contribution in [3.05, 3.63) is 11.8 Å². The number of carbonyl (C=O) groups is 9. The Balaban J connectivity index is 3.14. The molecule has 0 aromatic rings. The molecule has 1 aliphatic rings. The van der Waals surface area contributed by atoms with Crippen molar-refractivity contribution in [3.8, 4) is 0 Å². The molecule has 1 saturated heterocycles. The number of carboxylic acids is 1. The quantitative estimate of drug-likeness (QED) is 0.0129. The number of guanidine groups is 1. The Hall–Kier alpha value is -6.17. The fourth-order valence-electron chi connectivity index (χ4n) is 6.67. The smallest absolute Gasteiger partial charge is 0.352 e. The average molecular weight is 983 g/mol. The zero-order valence-electron chi connectivity index (χ0n) is 39.3. The number of nitrogens with one attached hydrogen (secondary N) is 6. The molecule has 0 aromatic carbocycles.